The molecule has 126 valence electrons. The Hall–Kier alpha value is -2.45. The minimum Gasteiger partial charge on any atom is -0.478 e. The summed E-state index contributed by atoms with van der Waals surface area (Å²) < 4.78 is 26.9. The Kier molecular flexibility index (Phi) is 4.50. The molecule has 8 heteroatoms. The Labute approximate surface area is 140 Å². The molecule has 1 aliphatic rings. The summed E-state index contributed by atoms with van der Waals surface area (Å²) in [4.78, 5) is 17.4. The van der Waals surface area contributed by atoms with Gasteiger partial charge in [-0.05, 0) is 24.3 Å². The van der Waals surface area contributed by atoms with Crippen LogP contribution in [-0.4, -0.2) is 55.0 Å². The third-order valence-corrected chi connectivity index (χ3v) is 5.90. The molecule has 1 N–H and O–H groups in total. The van der Waals surface area contributed by atoms with Gasteiger partial charge in [0, 0.05) is 32.4 Å². The van der Waals surface area contributed by atoms with Gasteiger partial charge in [-0.1, -0.05) is 18.2 Å². The lowest BCUT2D eigenvalue weighted by Gasteiger charge is -2.34. The standard InChI is InChI=1S/C16H17N3O4S/c20-16(21)13-5-1-2-6-14(13)24(22,23)19-11-9-18(10-12-19)15-7-3-4-8-17-15/h1-8H,9-12H2,(H,20,21). The maximum Gasteiger partial charge on any atom is 0.337 e. The molecule has 7 nitrogen and oxygen atoms in total. The average molecular weight is 347 g/mol. The van der Waals surface area contributed by atoms with E-state index in [1.165, 1.54) is 28.6 Å². The predicted octanol–water partition coefficient (Wildman–Crippen LogP) is 1.29. The van der Waals surface area contributed by atoms with Gasteiger partial charge in [-0.25, -0.2) is 18.2 Å². The molecule has 1 aromatic heterocycles. The molecule has 0 bridgehead atoms. The van der Waals surface area contributed by atoms with Crippen molar-refractivity contribution < 1.29 is 18.3 Å². The molecule has 1 aliphatic heterocycles. The van der Waals surface area contributed by atoms with E-state index in [1.807, 2.05) is 23.1 Å². The Bertz CT molecular complexity index is 831. The van der Waals surface area contributed by atoms with Crippen molar-refractivity contribution in [3.05, 3.63) is 54.2 Å². The number of aromatic nitrogens is 1. The van der Waals surface area contributed by atoms with E-state index in [1.54, 1.807) is 6.20 Å². The van der Waals surface area contributed by atoms with E-state index in [2.05, 4.69) is 4.98 Å². The quantitative estimate of drug-likeness (QED) is 0.896. The first-order valence-electron chi connectivity index (χ1n) is 7.48. The normalized spacial score (nSPS) is 16.1. The molecule has 1 fully saturated rings. The minimum absolute atomic E-state index is 0.163. The maximum absolute atomic E-state index is 12.8. The molecule has 0 aliphatic carbocycles. The molecule has 1 saturated heterocycles. The molecule has 3 rings (SSSR count). The number of anilines is 1. The second kappa shape index (κ2) is 6.58. The summed E-state index contributed by atoms with van der Waals surface area (Å²) in [6.07, 6.45) is 1.70. The molecule has 0 atom stereocenters. The van der Waals surface area contributed by atoms with Crippen LogP contribution in [0.4, 0.5) is 5.82 Å². The molecule has 24 heavy (non-hydrogen) atoms. The van der Waals surface area contributed by atoms with E-state index in [9.17, 15) is 18.3 Å². The van der Waals surface area contributed by atoms with Crippen LogP contribution in [0.2, 0.25) is 0 Å². The largest absolute Gasteiger partial charge is 0.478 e. The first kappa shape index (κ1) is 16.4. The van der Waals surface area contributed by atoms with Crippen molar-refractivity contribution in [1.82, 2.24) is 9.29 Å². The first-order chi connectivity index (χ1) is 11.5. The lowest BCUT2D eigenvalue weighted by molar-refractivity contribution is 0.0692. The van der Waals surface area contributed by atoms with Crippen LogP contribution in [0.1, 0.15) is 10.4 Å². The summed E-state index contributed by atoms with van der Waals surface area (Å²) >= 11 is 0. The predicted molar refractivity (Wildman–Crippen MR) is 88.6 cm³/mol. The zero-order chi connectivity index (χ0) is 17.2. The summed E-state index contributed by atoms with van der Waals surface area (Å²) in [5.74, 6) is -0.443. The fourth-order valence-corrected chi connectivity index (χ4v) is 4.31. The van der Waals surface area contributed by atoms with Crippen LogP contribution >= 0.6 is 0 Å². The SMILES string of the molecule is O=C(O)c1ccccc1S(=O)(=O)N1CCN(c2ccccn2)CC1. The molecular formula is C16H17N3O4S. The van der Waals surface area contributed by atoms with Crippen LogP contribution in [0, 0.1) is 0 Å². The van der Waals surface area contributed by atoms with Crippen molar-refractivity contribution in [2.24, 2.45) is 0 Å². The third kappa shape index (κ3) is 3.10. The van der Waals surface area contributed by atoms with Crippen molar-refractivity contribution in [3.63, 3.8) is 0 Å². The number of carboxylic acid groups (broad SMARTS) is 1. The molecule has 0 amide bonds. The zero-order valence-corrected chi connectivity index (χ0v) is 13.7. The third-order valence-electron chi connectivity index (χ3n) is 3.95. The van der Waals surface area contributed by atoms with Gasteiger partial charge in [0.15, 0.2) is 0 Å². The lowest BCUT2D eigenvalue weighted by Crippen LogP contribution is -2.49. The summed E-state index contributed by atoms with van der Waals surface area (Å²) in [5, 5.41) is 9.22. The van der Waals surface area contributed by atoms with Crippen LogP contribution in [-0.2, 0) is 10.0 Å². The Morgan fingerprint density at radius 1 is 1.00 bits per heavy atom. The number of sulfonamides is 1. The van der Waals surface area contributed by atoms with E-state index in [-0.39, 0.29) is 23.5 Å². The van der Waals surface area contributed by atoms with Crippen LogP contribution in [0.5, 0.6) is 0 Å². The molecular weight excluding hydrogens is 330 g/mol. The number of hydrogen-bond acceptors (Lipinski definition) is 5. The van der Waals surface area contributed by atoms with Gasteiger partial charge in [0.05, 0.1) is 10.5 Å². The van der Waals surface area contributed by atoms with Crippen LogP contribution < -0.4 is 4.90 Å². The van der Waals surface area contributed by atoms with Crippen molar-refractivity contribution >= 4 is 21.8 Å². The maximum atomic E-state index is 12.8. The number of piperazine rings is 1. The Morgan fingerprint density at radius 2 is 1.67 bits per heavy atom. The lowest BCUT2D eigenvalue weighted by atomic mass is 10.2. The van der Waals surface area contributed by atoms with E-state index in [0.29, 0.717) is 13.1 Å². The second-order valence-corrected chi connectivity index (χ2v) is 7.29. The van der Waals surface area contributed by atoms with Gasteiger partial charge in [0.2, 0.25) is 10.0 Å². The molecule has 0 radical (unpaired) electrons. The number of nitrogens with zero attached hydrogens (tertiary/aromatic N) is 3. The number of carboxylic acids is 1. The highest BCUT2D eigenvalue weighted by Gasteiger charge is 2.31. The Morgan fingerprint density at radius 3 is 2.29 bits per heavy atom. The fraction of sp³-hybridized carbons (Fsp3) is 0.250. The van der Waals surface area contributed by atoms with Crippen molar-refractivity contribution in [3.8, 4) is 0 Å². The first-order valence-corrected chi connectivity index (χ1v) is 8.92. The number of rotatable bonds is 4. The van der Waals surface area contributed by atoms with E-state index < -0.39 is 16.0 Å². The second-order valence-electron chi connectivity index (χ2n) is 5.38. The van der Waals surface area contributed by atoms with Gasteiger partial charge >= 0.3 is 5.97 Å². The number of pyridine rings is 1. The molecule has 0 spiro atoms. The highest BCUT2D eigenvalue weighted by atomic mass is 32.2. The van der Waals surface area contributed by atoms with Gasteiger partial charge in [-0.15, -0.1) is 0 Å². The summed E-state index contributed by atoms with van der Waals surface area (Å²) in [7, 11) is -3.84. The highest BCUT2D eigenvalue weighted by molar-refractivity contribution is 7.89. The molecule has 2 heterocycles. The van der Waals surface area contributed by atoms with E-state index in [0.717, 1.165) is 5.82 Å². The molecule has 1 aromatic carbocycles. The van der Waals surface area contributed by atoms with Gasteiger partial charge in [0.1, 0.15) is 5.82 Å². The van der Waals surface area contributed by atoms with E-state index >= 15 is 0 Å². The monoisotopic (exact) mass is 347 g/mol. The highest BCUT2D eigenvalue weighted by Crippen LogP contribution is 2.22. The zero-order valence-electron chi connectivity index (χ0n) is 12.9. The molecule has 0 unspecified atom stereocenters. The summed E-state index contributed by atoms with van der Waals surface area (Å²) in [6.45, 7) is 1.58. The summed E-state index contributed by atoms with van der Waals surface area (Å²) in [6, 6.07) is 11.3. The smallest absolute Gasteiger partial charge is 0.337 e. The number of hydrogen-bond donors (Lipinski definition) is 1. The van der Waals surface area contributed by atoms with Crippen LogP contribution in [0.3, 0.4) is 0 Å². The number of aromatic carboxylic acids is 1. The van der Waals surface area contributed by atoms with Gasteiger partial charge in [-0.2, -0.15) is 4.31 Å². The fourth-order valence-electron chi connectivity index (χ4n) is 2.71. The van der Waals surface area contributed by atoms with Crippen molar-refractivity contribution in [2.45, 2.75) is 4.90 Å². The molecule has 2 aromatic rings. The van der Waals surface area contributed by atoms with Gasteiger partial charge < -0.3 is 10.0 Å². The average Bonchev–Trinajstić information content (AvgIpc) is 2.62. The number of benzene rings is 1. The van der Waals surface area contributed by atoms with Gasteiger partial charge in [-0.3, -0.25) is 0 Å². The number of carbonyl (C=O) groups is 1. The minimum atomic E-state index is -3.84. The van der Waals surface area contributed by atoms with Crippen molar-refractivity contribution in [2.75, 3.05) is 31.1 Å². The van der Waals surface area contributed by atoms with Crippen LogP contribution in [0.25, 0.3) is 0 Å². The van der Waals surface area contributed by atoms with Crippen LogP contribution in [0.15, 0.2) is 53.6 Å². The Balaban J connectivity index is 1.80. The molecule has 0 saturated carbocycles. The van der Waals surface area contributed by atoms with E-state index in [4.69, 9.17) is 0 Å². The van der Waals surface area contributed by atoms with Crippen molar-refractivity contribution in [1.29, 1.82) is 0 Å². The summed E-state index contributed by atoms with van der Waals surface area (Å²) in [5.41, 5.74) is -0.204. The van der Waals surface area contributed by atoms with Gasteiger partial charge in [0.25, 0.3) is 0 Å². The topological polar surface area (TPSA) is 90.8 Å².